The quantitative estimate of drug-likeness (QED) is 0.813. The van der Waals surface area contributed by atoms with Crippen LogP contribution in [0.4, 0.5) is 5.00 Å². The molecule has 1 aromatic heterocycles. The molecule has 0 spiro atoms. The first-order valence-electron chi connectivity index (χ1n) is 4.64. The van der Waals surface area contributed by atoms with Crippen LogP contribution in [0.5, 0.6) is 0 Å². The smallest absolute Gasteiger partial charge is 0.348 e. The van der Waals surface area contributed by atoms with E-state index in [0.29, 0.717) is 16.9 Å². The molecule has 0 fully saturated rings. The summed E-state index contributed by atoms with van der Waals surface area (Å²) in [6.45, 7) is 1.83. The summed E-state index contributed by atoms with van der Waals surface area (Å²) in [5, 5.41) is 0.282. The van der Waals surface area contributed by atoms with E-state index in [1.807, 2.05) is 6.92 Å². The van der Waals surface area contributed by atoms with Gasteiger partial charge in [0, 0.05) is 0 Å². The lowest BCUT2D eigenvalue weighted by atomic mass is 10.1. The number of nitrogens with two attached hydrogens (primary N) is 1. The number of esters is 2. The van der Waals surface area contributed by atoms with Gasteiger partial charge in [-0.2, -0.15) is 0 Å². The molecule has 1 heterocycles. The number of nitrogen functional groups attached to an aromatic ring is 1. The van der Waals surface area contributed by atoms with E-state index in [9.17, 15) is 9.59 Å². The maximum Gasteiger partial charge on any atom is 0.348 e. The summed E-state index contributed by atoms with van der Waals surface area (Å²) in [5.41, 5.74) is 6.55. The van der Waals surface area contributed by atoms with Crippen molar-refractivity contribution in [2.24, 2.45) is 0 Å². The number of carbonyl (C=O) groups is 2. The minimum atomic E-state index is -0.527. The molecule has 1 aromatic rings. The number of rotatable bonds is 3. The van der Waals surface area contributed by atoms with Gasteiger partial charge in [-0.25, -0.2) is 9.59 Å². The number of hydrogen-bond donors (Lipinski definition) is 1. The SMILES string of the molecule is CCc1c(C(=O)OC)sc(N)c1C(=O)OC. The number of carbonyl (C=O) groups excluding carboxylic acids is 2. The number of ether oxygens (including phenoxy) is 2. The molecule has 0 unspecified atom stereocenters. The van der Waals surface area contributed by atoms with Crippen molar-refractivity contribution in [2.45, 2.75) is 13.3 Å². The van der Waals surface area contributed by atoms with Gasteiger partial charge in [0.1, 0.15) is 9.88 Å². The Morgan fingerprint density at radius 3 is 2.25 bits per heavy atom. The first-order chi connectivity index (χ1) is 7.56. The molecule has 0 aliphatic heterocycles. The van der Waals surface area contributed by atoms with Crippen LogP contribution < -0.4 is 5.73 Å². The Labute approximate surface area is 97.2 Å². The fourth-order valence-corrected chi connectivity index (χ4v) is 2.47. The zero-order valence-electron chi connectivity index (χ0n) is 9.33. The molecule has 0 bridgehead atoms. The van der Waals surface area contributed by atoms with Crippen LogP contribution in [-0.2, 0) is 15.9 Å². The number of hydrogen-bond acceptors (Lipinski definition) is 6. The molecule has 0 radical (unpaired) electrons. The van der Waals surface area contributed by atoms with E-state index in [0.717, 1.165) is 11.3 Å². The van der Waals surface area contributed by atoms with Crippen LogP contribution in [0, 0.1) is 0 Å². The second-order valence-corrected chi connectivity index (χ2v) is 4.04. The van der Waals surface area contributed by atoms with Gasteiger partial charge in [0.2, 0.25) is 0 Å². The van der Waals surface area contributed by atoms with E-state index >= 15 is 0 Å². The molecule has 16 heavy (non-hydrogen) atoms. The van der Waals surface area contributed by atoms with Gasteiger partial charge in [-0.3, -0.25) is 0 Å². The van der Waals surface area contributed by atoms with E-state index in [1.165, 1.54) is 14.2 Å². The van der Waals surface area contributed by atoms with E-state index in [4.69, 9.17) is 5.73 Å². The first kappa shape index (κ1) is 12.5. The third kappa shape index (κ3) is 2.01. The van der Waals surface area contributed by atoms with Gasteiger partial charge < -0.3 is 15.2 Å². The summed E-state index contributed by atoms with van der Waals surface area (Å²) in [6.07, 6.45) is 0.516. The monoisotopic (exact) mass is 243 g/mol. The molecule has 0 amide bonds. The Hall–Kier alpha value is -1.56. The van der Waals surface area contributed by atoms with Crippen molar-refractivity contribution in [3.63, 3.8) is 0 Å². The lowest BCUT2D eigenvalue weighted by molar-refractivity contribution is 0.0601. The number of anilines is 1. The van der Waals surface area contributed by atoms with Gasteiger partial charge in [0.05, 0.1) is 19.8 Å². The van der Waals surface area contributed by atoms with Crippen molar-refractivity contribution in [3.05, 3.63) is 16.0 Å². The normalized spacial score (nSPS) is 9.94. The summed E-state index contributed by atoms with van der Waals surface area (Å²) in [7, 11) is 2.56. The fraction of sp³-hybridized carbons (Fsp3) is 0.400. The Balaban J connectivity index is 3.34. The van der Waals surface area contributed by atoms with Crippen molar-refractivity contribution in [1.29, 1.82) is 0 Å². The van der Waals surface area contributed by atoms with Crippen molar-refractivity contribution in [1.82, 2.24) is 0 Å². The van der Waals surface area contributed by atoms with Crippen molar-refractivity contribution in [2.75, 3.05) is 20.0 Å². The molecule has 6 heteroatoms. The number of thiophene rings is 1. The van der Waals surface area contributed by atoms with Gasteiger partial charge in [0.25, 0.3) is 0 Å². The molecule has 5 nitrogen and oxygen atoms in total. The third-order valence-electron chi connectivity index (χ3n) is 2.15. The van der Waals surface area contributed by atoms with Gasteiger partial charge in [0.15, 0.2) is 0 Å². The van der Waals surface area contributed by atoms with Crippen LogP contribution in [-0.4, -0.2) is 26.2 Å². The maximum atomic E-state index is 11.5. The van der Waals surface area contributed by atoms with Crippen LogP contribution in [0.2, 0.25) is 0 Å². The van der Waals surface area contributed by atoms with E-state index in [2.05, 4.69) is 9.47 Å². The molecule has 0 saturated carbocycles. The highest BCUT2D eigenvalue weighted by Crippen LogP contribution is 2.32. The van der Waals surface area contributed by atoms with E-state index in [-0.39, 0.29) is 10.6 Å². The Bertz CT molecular complexity index is 425. The van der Waals surface area contributed by atoms with E-state index < -0.39 is 11.9 Å². The predicted octanol–water partition coefficient (Wildman–Crippen LogP) is 1.47. The van der Waals surface area contributed by atoms with Crippen LogP contribution in [0.3, 0.4) is 0 Å². The summed E-state index contributed by atoms with van der Waals surface area (Å²) >= 11 is 1.04. The van der Waals surface area contributed by atoms with Crippen molar-refractivity contribution < 1.29 is 19.1 Å². The largest absolute Gasteiger partial charge is 0.465 e. The molecule has 0 aliphatic carbocycles. The van der Waals surface area contributed by atoms with Gasteiger partial charge >= 0.3 is 11.9 Å². The Kier molecular flexibility index (Phi) is 3.89. The summed E-state index contributed by atoms with van der Waals surface area (Å²) in [4.78, 5) is 23.3. The second-order valence-electron chi connectivity index (χ2n) is 2.99. The molecule has 88 valence electrons. The van der Waals surface area contributed by atoms with Crippen molar-refractivity contribution in [3.8, 4) is 0 Å². The predicted molar refractivity (Wildman–Crippen MR) is 60.8 cm³/mol. The molecule has 0 atom stereocenters. The van der Waals surface area contributed by atoms with Crippen LogP contribution in [0.25, 0.3) is 0 Å². The Morgan fingerprint density at radius 1 is 1.25 bits per heavy atom. The minimum absolute atomic E-state index is 0.274. The molecule has 2 N–H and O–H groups in total. The maximum absolute atomic E-state index is 11.5. The highest BCUT2D eigenvalue weighted by molar-refractivity contribution is 7.18. The third-order valence-corrected chi connectivity index (χ3v) is 3.19. The molecular formula is C10H13NO4S. The lowest BCUT2D eigenvalue weighted by Crippen LogP contribution is -2.08. The zero-order chi connectivity index (χ0) is 12.3. The summed E-state index contributed by atoms with van der Waals surface area (Å²) in [5.74, 6) is -1.01. The molecule has 1 rings (SSSR count). The van der Waals surface area contributed by atoms with Gasteiger partial charge in [-0.1, -0.05) is 6.92 Å². The Morgan fingerprint density at radius 2 is 1.81 bits per heavy atom. The first-order valence-corrected chi connectivity index (χ1v) is 5.46. The zero-order valence-corrected chi connectivity index (χ0v) is 10.1. The average molecular weight is 243 g/mol. The van der Waals surface area contributed by atoms with Crippen LogP contribution >= 0.6 is 11.3 Å². The highest BCUT2D eigenvalue weighted by atomic mass is 32.1. The average Bonchev–Trinajstić information content (AvgIpc) is 2.63. The summed E-state index contributed by atoms with van der Waals surface area (Å²) < 4.78 is 9.25. The van der Waals surface area contributed by atoms with Gasteiger partial charge in [-0.15, -0.1) is 11.3 Å². The topological polar surface area (TPSA) is 78.6 Å². The minimum Gasteiger partial charge on any atom is -0.465 e. The fourth-order valence-electron chi connectivity index (χ4n) is 1.41. The number of methoxy groups -OCH3 is 2. The van der Waals surface area contributed by atoms with Crippen LogP contribution in [0.15, 0.2) is 0 Å². The standard InChI is InChI=1S/C10H13NO4S/c1-4-5-6(9(12)14-2)8(11)16-7(5)10(13)15-3/h4,11H2,1-3H3. The lowest BCUT2D eigenvalue weighted by Gasteiger charge is -2.02. The second kappa shape index (κ2) is 4.98. The van der Waals surface area contributed by atoms with Crippen molar-refractivity contribution >= 4 is 28.3 Å². The summed E-state index contributed by atoms with van der Waals surface area (Å²) in [6, 6.07) is 0. The molecule has 0 aliphatic rings. The molecule has 0 saturated heterocycles. The van der Waals surface area contributed by atoms with Gasteiger partial charge in [-0.05, 0) is 12.0 Å². The van der Waals surface area contributed by atoms with E-state index in [1.54, 1.807) is 0 Å². The highest BCUT2D eigenvalue weighted by Gasteiger charge is 2.25. The van der Waals surface area contributed by atoms with Crippen LogP contribution in [0.1, 0.15) is 32.5 Å². The molecule has 0 aromatic carbocycles. The molecular weight excluding hydrogens is 230 g/mol.